The van der Waals surface area contributed by atoms with Gasteiger partial charge in [-0.25, -0.2) is 4.79 Å². The van der Waals surface area contributed by atoms with Crippen LogP contribution in [0, 0.1) is 0 Å². The van der Waals surface area contributed by atoms with Crippen LogP contribution in [0.25, 0.3) is 0 Å². The molecule has 1 aromatic carbocycles. The Morgan fingerprint density at radius 3 is 2.75 bits per heavy atom. The second kappa shape index (κ2) is 8.19. The van der Waals surface area contributed by atoms with Gasteiger partial charge in [0.2, 0.25) is 5.91 Å². The van der Waals surface area contributed by atoms with Crippen LogP contribution < -0.4 is 10.1 Å². The van der Waals surface area contributed by atoms with Crippen LogP contribution in [0.1, 0.15) is 31.7 Å². The lowest BCUT2D eigenvalue weighted by Crippen LogP contribution is -2.40. The van der Waals surface area contributed by atoms with Crippen LogP contribution in [0.3, 0.4) is 0 Å². The fourth-order valence-electron chi connectivity index (χ4n) is 1.89. The molecule has 0 heterocycles. The summed E-state index contributed by atoms with van der Waals surface area (Å²) in [5.74, 6) is -0.417. The summed E-state index contributed by atoms with van der Waals surface area (Å²) in [5, 5.41) is 11.4. The first-order chi connectivity index (χ1) is 9.56. The van der Waals surface area contributed by atoms with E-state index in [9.17, 15) is 9.59 Å². The van der Waals surface area contributed by atoms with Crippen molar-refractivity contribution in [2.24, 2.45) is 0 Å². The minimum Gasteiger partial charge on any atom is -0.497 e. The molecule has 0 saturated heterocycles. The van der Waals surface area contributed by atoms with Gasteiger partial charge in [0.15, 0.2) is 0 Å². The zero-order valence-corrected chi connectivity index (χ0v) is 11.9. The van der Waals surface area contributed by atoms with Gasteiger partial charge in [0.1, 0.15) is 11.8 Å². The summed E-state index contributed by atoms with van der Waals surface area (Å²) < 4.78 is 5.13. The Morgan fingerprint density at radius 2 is 2.15 bits per heavy atom. The first-order valence-corrected chi connectivity index (χ1v) is 6.72. The predicted octanol–water partition coefficient (Wildman–Crippen LogP) is 2.00. The van der Waals surface area contributed by atoms with Crippen LogP contribution >= 0.6 is 0 Å². The standard InChI is InChI=1S/C15H21NO4/c1-3-13(15(18)19)16-14(17)9-5-7-11-6-4-8-12(10-11)20-2/h4,6,8,10,13H,3,5,7,9H2,1-2H3,(H,16,17)(H,18,19). The number of hydrogen-bond donors (Lipinski definition) is 2. The molecule has 0 saturated carbocycles. The van der Waals surface area contributed by atoms with Gasteiger partial charge in [0.25, 0.3) is 0 Å². The normalized spacial score (nSPS) is 11.7. The Labute approximate surface area is 118 Å². The number of ether oxygens (including phenoxy) is 1. The van der Waals surface area contributed by atoms with Crippen LogP contribution in [0.15, 0.2) is 24.3 Å². The number of hydrogen-bond acceptors (Lipinski definition) is 3. The maximum Gasteiger partial charge on any atom is 0.326 e. The number of carbonyl (C=O) groups is 2. The van der Waals surface area contributed by atoms with Gasteiger partial charge >= 0.3 is 5.97 Å². The van der Waals surface area contributed by atoms with Gasteiger partial charge in [-0.3, -0.25) is 4.79 Å². The van der Waals surface area contributed by atoms with Gasteiger partial charge in [0, 0.05) is 6.42 Å². The van der Waals surface area contributed by atoms with E-state index in [0.29, 0.717) is 19.3 Å². The van der Waals surface area contributed by atoms with Gasteiger partial charge < -0.3 is 15.2 Å². The summed E-state index contributed by atoms with van der Waals surface area (Å²) in [6.45, 7) is 1.73. The summed E-state index contributed by atoms with van der Waals surface area (Å²) in [6, 6.07) is 6.90. The van der Waals surface area contributed by atoms with E-state index in [1.807, 2.05) is 24.3 Å². The number of carboxylic acid groups (broad SMARTS) is 1. The van der Waals surface area contributed by atoms with Gasteiger partial charge in [-0.1, -0.05) is 19.1 Å². The van der Waals surface area contributed by atoms with Crippen molar-refractivity contribution in [3.63, 3.8) is 0 Å². The third-order valence-electron chi connectivity index (χ3n) is 3.05. The molecule has 0 aliphatic carbocycles. The number of rotatable bonds is 8. The first kappa shape index (κ1) is 16.0. The van der Waals surface area contributed by atoms with Crippen molar-refractivity contribution >= 4 is 11.9 Å². The first-order valence-electron chi connectivity index (χ1n) is 6.72. The quantitative estimate of drug-likeness (QED) is 0.763. The summed E-state index contributed by atoms with van der Waals surface area (Å²) in [6.07, 6.45) is 2.14. The lowest BCUT2D eigenvalue weighted by Gasteiger charge is -2.12. The van der Waals surface area contributed by atoms with Crippen molar-refractivity contribution in [2.45, 2.75) is 38.6 Å². The van der Waals surface area contributed by atoms with Gasteiger partial charge in [-0.2, -0.15) is 0 Å². The maximum absolute atomic E-state index is 11.6. The molecule has 5 nitrogen and oxygen atoms in total. The molecule has 0 fully saturated rings. The molecule has 0 aromatic heterocycles. The Balaban J connectivity index is 2.36. The second-order valence-corrected chi connectivity index (χ2v) is 4.57. The lowest BCUT2D eigenvalue weighted by molar-refractivity contribution is -0.141. The molecular formula is C15H21NO4. The number of methoxy groups -OCH3 is 1. The van der Waals surface area contributed by atoms with Crippen LogP contribution in [-0.4, -0.2) is 30.1 Å². The zero-order chi connectivity index (χ0) is 15.0. The topological polar surface area (TPSA) is 75.6 Å². The fraction of sp³-hybridized carbons (Fsp3) is 0.467. The summed E-state index contributed by atoms with van der Waals surface area (Å²) >= 11 is 0. The highest BCUT2D eigenvalue weighted by Gasteiger charge is 2.16. The number of nitrogens with one attached hydrogen (secondary N) is 1. The number of aryl methyl sites for hydroxylation is 1. The number of benzene rings is 1. The summed E-state index contributed by atoms with van der Waals surface area (Å²) in [4.78, 5) is 22.4. The molecule has 20 heavy (non-hydrogen) atoms. The molecule has 1 unspecified atom stereocenters. The van der Waals surface area contributed by atoms with E-state index < -0.39 is 12.0 Å². The number of carboxylic acids is 1. The van der Waals surface area contributed by atoms with E-state index >= 15 is 0 Å². The number of aliphatic carboxylic acids is 1. The van der Waals surface area contributed by atoms with Crippen LogP contribution in [-0.2, 0) is 16.0 Å². The van der Waals surface area contributed by atoms with Gasteiger partial charge in [-0.05, 0) is 37.0 Å². The van der Waals surface area contributed by atoms with Crippen LogP contribution in [0.4, 0.5) is 0 Å². The third kappa shape index (κ3) is 5.30. The SMILES string of the molecule is CCC(NC(=O)CCCc1cccc(OC)c1)C(=O)O. The highest BCUT2D eigenvalue weighted by molar-refractivity contribution is 5.83. The van der Waals surface area contributed by atoms with Crippen LogP contribution in [0.2, 0.25) is 0 Å². The van der Waals surface area contributed by atoms with Crippen molar-refractivity contribution in [1.82, 2.24) is 5.32 Å². The Kier molecular flexibility index (Phi) is 6.56. The Hall–Kier alpha value is -2.04. The van der Waals surface area contributed by atoms with Gasteiger partial charge in [0.05, 0.1) is 7.11 Å². The molecule has 0 spiro atoms. The molecule has 0 bridgehead atoms. The fourth-order valence-corrected chi connectivity index (χ4v) is 1.89. The predicted molar refractivity (Wildman–Crippen MR) is 75.8 cm³/mol. The van der Waals surface area contributed by atoms with Crippen molar-refractivity contribution < 1.29 is 19.4 Å². The van der Waals surface area contributed by atoms with E-state index in [2.05, 4.69) is 5.32 Å². The number of amides is 1. The second-order valence-electron chi connectivity index (χ2n) is 4.57. The highest BCUT2D eigenvalue weighted by atomic mass is 16.5. The monoisotopic (exact) mass is 279 g/mol. The van der Waals surface area contributed by atoms with E-state index in [1.165, 1.54) is 0 Å². The molecule has 0 aliphatic heterocycles. The largest absolute Gasteiger partial charge is 0.497 e. The molecule has 0 radical (unpaired) electrons. The van der Waals surface area contributed by atoms with Crippen molar-refractivity contribution in [3.05, 3.63) is 29.8 Å². The van der Waals surface area contributed by atoms with Crippen molar-refractivity contribution in [3.8, 4) is 5.75 Å². The molecule has 2 N–H and O–H groups in total. The molecule has 1 atom stereocenters. The third-order valence-corrected chi connectivity index (χ3v) is 3.05. The van der Waals surface area contributed by atoms with E-state index in [-0.39, 0.29) is 5.91 Å². The highest BCUT2D eigenvalue weighted by Crippen LogP contribution is 2.14. The zero-order valence-electron chi connectivity index (χ0n) is 11.9. The molecule has 1 amide bonds. The van der Waals surface area contributed by atoms with E-state index in [4.69, 9.17) is 9.84 Å². The van der Waals surface area contributed by atoms with Crippen molar-refractivity contribution in [1.29, 1.82) is 0 Å². The summed E-state index contributed by atoms with van der Waals surface area (Å²) in [5.41, 5.74) is 1.10. The molecular weight excluding hydrogens is 258 g/mol. The van der Waals surface area contributed by atoms with Crippen LogP contribution in [0.5, 0.6) is 5.75 Å². The Bertz CT molecular complexity index is 459. The van der Waals surface area contributed by atoms with Crippen molar-refractivity contribution in [2.75, 3.05) is 7.11 Å². The molecule has 1 rings (SSSR count). The van der Waals surface area contributed by atoms with Gasteiger partial charge in [-0.15, -0.1) is 0 Å². The maximum atomic E-state index is 11.6. The molecule has 0 aliphatic rings. The lowest BCUT2D eigenvalue weighted by atomic mass is 10.1. The Morgan fingerprint density at radius 1 is 1.40 bits per heavy atom. The smallest absolute Gasteiger partial charge is 0.326 e. The molecule has 5 heteroatoms. The molecule has 1 aromatic rings. The molecule has 110 valence electrons. The van der Waals surface area contributed by atoms with E-state index in [1.54, 1.807) is 14.0 Å². The minimum absolute atomic E-state index is 0.220. The number of carbonyl (C=O) groups excluding carboxylic acids is 1. The average Bonchev–Trinajstić information content (AvgIpc) is 2.44. The summed E-state index contributed by atoms with van der Waals surface area (Å²) in [7, 11) is 1.61. The average molecular weight is 279 g/mol. The van der Waals surface area contributed by atoms with E-state index in [0.717, 1.165) is 17.7 Å². The minimum atomic E-state index is -0.992.